The van der Waals surface area contributed by atoms with E-state index in [-0.39, 0.29) is 5.91 Å². The third-order valence-electron chi connectivity index (χ3n) is 4.96. The number of carbonyl (C=O) groups excluding carboxylic acids is 1. The molecule has 1 aromatic heterocycles. The highest BCUT2D eigenvalue weighted by Gasteiger charge is 2.24. The van der Waals surface area contributed by atoms with E-state index in [4.69, 9.17) is 5.84 Å². The molecule has 3 rings (SSSR count). The summed E-state index contributed by atoms with van der Waals surface area (Å²) in [4.78, 5) is 15.7. The summed E-state index contributed by atoms with van der Waals surface area (Å²) < 4.78 is 1.60. The molecular weight excluding hydrogens is 312 g/mol. The molecule has 1 amide bonds. The highest BCUT2D eigenvalue weighted by molar-refractivity contribution is 7.99. The number of aromatic nitrogens is 3. The Bertz CT molecular complexity index is 534. The molecule has 2 fully saturated rings. The van der Waals surface area contributed by atoms with Crippen molar-refractivity contribution < 1.29 is 9.69 Å². The fourth-order valence-corrected chi connectivity index (χ4v) is 4.15. The average molecular weight is 339 g/mol. The Morgan fingerprint density at radius 1 is 1.26 bits per heavy atom. The van der Waals surface area contributed by atoms with Crippen LogP contribution in [-0.4, -0.2) is 64.7 Å². The van der Waals surface area contributed by atoms with E-state index in [0.717, 1.165) is 44.8 Å². The van der Waals surface area contributed by atoms with Gasteiger partial charge in [-0.1, -0.05) is 31.0 Å². The minimum Gasteiger partial charge on any atom is -0.336 e. The SMILES string of the molecule is C[NH+]1CCN(C(=O)CSc2nnc(C3CCCCC3)n2N)CC1. The fourth-order valence-electron chi connectivity index (χ4n) is 3.38. The molecule has 128 valence electrons. The molecule has 0 aromatic carbocycles. The van der Waals surface area contributed by atoms with Crippen molar-refractivity contribution in [1.82, 2.24) is 19.8 Å². The summed E-state index contributed by atoms with van der Waals surface area (Å²) in [7, 11) is 2.17. The van der Waals surface area contributed by atoms with Gasteiger partial charge in [-0.25, -0.2) is 4.68 Å². The third-order valence-corrected chi connectivity index (χ3v) is 5.88. The maximum absolute atomic E-state index is 12.3. The van der Waals surface area contributed by atoms with E-state index >= 15 is 0 Å². The number of nitrogens with two attached hydrogens (primary N) is 1. The number of nitrogens with one attached hydrogen (secondary N) is 1. The molecular formula is C15H27N6OS+. The highest BCUT2D eigenvalue weighted by atomic mass is 32.2. The molecule has 1 aromatic rings. The number of hydrogen-bond donors (Lipinski definition) is 2. The third kappa shape index (κ3) is 3.98. The summed E-state index contributed by atoms with van der Waals surface area (Å²) in [5.41, 5.74) is 0. The molecule has 0 atom stereocenters. The Kier molecular flexibility index (Phi) is 5.42. The second-order valence-electron chi connectivity index (χ2n) is 6.67. The van der Waals surface area contributed by atoms with E-state index in [1.807, 2.05) is 4.90 Å². The van der Waals surface area contributed by atoms with E-state index in [9.17, 15) is 4.79 Å². The van der Waals surface area contributed by atoms with Crippen LogP contribution in [-0.2, 0) is 4.79 Å². The first-order chi connectivity index (χ1) is 11.1. The Hall–Kier alpha value is -1.28. The van der Waals surface area contributed by atoms with Crippen LogP contribution >= 0.6 is 11.8 Å². The number of likely N-dealkylation sites (N-methyl/N-ethyl adjacent to an activating group) is 1. The Morgan fingerprint density at radius 2 is 1.96 bits per heavy atom. The second kappa shape index (κ2) is 7.53. The molecule has 2 aliphatic rings. The first kappa shape index (κ1) is 16.6. The lowest BCUT2D eigenvalue weighted by molar-refractivity contribution is -0.883. The normalized spacial score (nSPS) is 20.8. The summed E-state index contributed by atoms with van der Waals surface area (Å²) in [6.45, 7) is 3.73. The van der Waals surface area contributed by atoms with Crippen molar-refractivity contribution in [2.45, 2.75) is 43.2 Å². The van der Waals surface area contributed by atoms with Crippen LogP contribution in [0.4, 0.5) is 0 Å². The van der Waals surface area contributed by atoms with E-state index in [2.05, 4.69) is 17.2 Å². The number of carbonyl (C=O) groups is 1. The van der Waals surface area contributed by atoms with Crippen LogP contribution in [0.3, 0.4) is 0 Å². The fraction of sp³-hybridized carbons (Fsp3) is 0.800. The van der Waals surface area contributed by atoms with E-state index in [1.54, 1.807) is 4.68 Å². The summed E-state index contributed by atoms with van der Waals surface area (Å²) >= 11 is 1.40. The quantitative estimate of drug-likeness (QED) is 0.570. The lowest BCUT2D eigenvalue weighted by Gasteiger charge is -2.29. The van der Waals surface area contributed by atoms with Gasteiger partial charge >= 0.3 is 0 Å². The van der Waals surface area contributed by atoms with Crippen LogP contribution < -0.4 is 10.7 Å². The predicted octanol–water partition coefficient (Wildman–Crippen LogP) is -0.511. The number of nitrogens with zero attached hydrogens (tertiary/aromatic N) is 4. The van der Waals surface area contributed by atoms with Crippen LogP contribution in [0.2, 0.25) is 0 Å². The zero-order chi connectivity index (χ0) is 16.2. The van der Waals surface area contributed by atoms with Crippen LogP contribution in [0.15, 0.2) is 5.16 Å². The van der Waals surface area contributed by atoms with Crippen molar-refractivity contribution in [2.24, 2.45) is 0 Å². The minimum absolute atomic E-state index is 0.171. The maximum atomic E-state index is 12.3. The smallest absolute Gasteiger partial charge is 0.233 e. The van der Waals surface area contributed by atoms with Gasteiger partial charge in [-0.15, -0.1) is 10.2 Å². The number of nitrogen functional groups attached to an aromatic ring is 1. The van der Waals surface area contributed by atoms with Gasteiger partial charge in [0.05, 0.1) is 39.0 Å². The summed E-state index contributed by atoms with van der Waals surface area (Å²) in [5, 5.41) is 9.13. The largest absolute Gasteiger partial charge is 0.336 e. The van der Waals surface area contributed by atoms with Crippen LogP contribution in [0.1, 0.15) is 43.8 Å². The molecule has 0 radical (unpaired) electrons. The van der Waals surface area contributed by atoms with E-state index < -0.39 is 0 Å². The van der Waals surface area contributed by atoms with Crippen LogP contribution in [0.25, 0.3) is 0 Å². The highest BCUT2D eigenvalue weighted by Crippen LogP contribution is 2.32. The molecule has 2 heterocycles. The minimum atomic E-state index is 0.171. The Labute approximate surface area is 141 Å². The maximum Gasteiger partial charge on any atom is 0.233 e. The van der Waals surface area contributed by atoms with Crippen molar-refractivity contribution in [3.05, 3.63) is 5.82 Å². The van der Waals surface area contributed by atoms with E-state index in [1.165, 1.54) is 35.9 Å². The molecule has 1 saturated heterocycles. The Balaban J connectivity index is 1.54. The van der Waals surface area contributed by atoms with Gasteiger partial charge in [0.2, 0.25) is 11.1 Å². The first-order valence-electron chi connectivity index (χ1n) is 8.57. The molecule has 1 aliphatic carbocycles. The lowest BCUT2D eigenvalue weighted by atomic mass is 9.89. The van der Waals surface area contributed by atoms with Gasteiger partial charge in [0, 0.05) is 5.92 Å². The molecule has 7 nitrogen and oxygen atoms in total. The van der Waals surface area contributed by atoms with Gasteiger partial charge in [0.25, 0.3) is 0 Å². The molecule has 0 bridgehead atoms. The summed E-state index contributed by atoms with van der Waals surface area (Å²) in [5.74, 6) is 8.02. The van der Waals surface area contributed by atoms with Crippen LogP contribution in [0, 0.1) is 0 Å². The molecule has 0 spiro atoms. The van der Waals surface area contributed by atoms with Crippen molar-refractivity contribution in [3.63, 3.8) is 0 Å². The summed E-state index contributed by atoms with van der Waals surface area (Å²) in [6, 6.07) is 0. The zero-order valence-electron chi connectivity index (χ0n) is 13.8. The predicted molar refractivity (Wildman–Crippen MR) is 89.9 cm³/mol. The van der Waals surface area contributed by atoms with Crippen molar-refractivity contribution in [3.8, 4) is 0 Å². The van der Waals surface area contributed by atoms with Gasteiger partial charge in [0.1, 0.15) is 0 Å². The Morgan fingerprint density at radius 3 is 2.65 bits per heavy atom. The number of quaternary nitrogens is 1. The molecule has 8 heteroatoms. The summed E-state index contributed by atoms with van der Waals surface area (Å²) in [6.07, 6.45) is 6.07. The van der Waals surface area contributed by atoms with Gasteiger partial charge in [-0.2, -0.15) is 0 Å². The molecule has 0 unspecified atom stereocenters. The standard InChI is InChI=1S/C15H26N6OS/c1-19-7-9-20(10-8-19)13(22)11-23-15-18-17-14(21(15)16)12-5-3-2-4-6-12/h12H,2-11,16H2,1H3/p+1. The van der Waals surface area contributed by atoms with Crippen molar-refractivity contribution >= 4 is 17.7 Å². The number of thioether (sulfide) groups is 1. The van der Waals surface area contributed by atoms with E-state index in [0.29, 0.717) is 16.8 Å². The monoisotopic (exact) mass is 339 g/mol. The average Bonchev–Trinajstić information content (AvgIpc) is 2.95. The molecule has 1 saturated carbocycles. The topological polar surface area (TPSA) is 81.5 Å². The number of hydrogen-bond acceptors (Lipinski definition) is 5. The van der Waals surface area contributed by atoms with Crippen molar-refractivity contribution in [1.29, 1.82) is 0 Å². The van der Waals surface area contributed by atoms with Gasteiger partial charge in [-0.05, 0) is 12.8 Å². The number of amides is 1. The van der Waals surface area contributed by atoms with Gasteiger partial charge in [-0.3, -0.25) is 4.79 Å². The molecule has 3 N–H and O–H groups in total. The van der Waals surface area contributed by atoms with Gasteiger partial charge in [0.15, 0.2) is 5.82 Å². The second-order valence-corrected chi connectivity index (χ2v) is 7.61. The number of rotatable bonds is 4. The molecule has 1 aliphatic heterocycles. The zero-order valence-corrected chi connectivity index (χ0v) is 14.6. The van der Waals surface area contributed by atoms with Crippen LogP contribution in [0.5, 0.6) is 0 Å². The first-order valence-corrected chi connectivity index (χ1v) is 9.56. The van der Waals surface area contributed by atoms with Crippen molar-refractivity contribution in [2.75, 3.05) is 44.8 Å². The van der Waals surface area contributed by atoms with Gasteiger partial charge < -0.3 is 15.6 Å². The number of piperazine rings is 1. The lowest BCUT2D eigenvalue weighted by Crippen LogP contribution is -3.12. The molecule has 23 heavy (non-hydrogen) atoms.